The van der Waals surface area contributed by atoms with Crippen LogP contribution in [0.4, 0.5) is 5.82 Å². The molecule has 0 aliphatic carbocycles. The molecule has 0 bridgehead atoms. The predicted molar refractivity (Wildman–Crippen MR) is 103 cm³/mol. The highest BCUT2D eigenvalue weighted by molar-refractivity contribution is 7.89. The molecule has 0 radical (unpaired) electrons. The minimum atomic E-state index is -3.64. The van der Waals surface area contributed by atoms with Crippen LogP contribution in [0.5, 0.6) is 0 Å². The van der Waals surface area contributed by atoms with Crippen molar-refractivity contribution in [3.8, 4) is 0 Å². The maximum Gasteiger partial charge on any atom is 0.258 e. The second kappa shape index (κ2) is 7.26. The maximum absolute atomic E-state index is 12.7. The molecular formula is C18H22ClN3O4S. The van der Waals surface area contributed by atoms with Crippen molar-refractivity contribution in [2.45, 2.75) is 43.9 Å². The number of benzene rings is 1. The SMILES string of the molecule is CC(C)(C)c1cc(NC(=O)c2cc(S(=O)(=O)N3CCCC3)ccc2Cl)no1. The van der Waals surface area contributed by atoms with Crippen LogP contribution in [-0.4, -0.2) is 36.9 Å². The van der Waals surface area contributed by atoms with E-state index in [0.717, 1.165) is 12.8 Å². The summed E-state index contributed by atoms with van der Waals surface area (Å²) in [5.74, 6) is 0.315. The number of carbonyl (C=O) groups is 1. The van der Waals surface area contributed by atoms with Gasteiger partial charge in [-0.3, -0.25) is 4.79 Å². The van der Waals surface area contributed by atoms with E-state index < -0.39 is 15.9 Å². The van der Waals surface area contributed by atoms with E-state index in [1.54, 1.807) is 6.07 Å². The van der Waals surface area contributed by atoms with E-state index in [-0.39, 0.29) is 26.7 Å². The van der Waals surface area contributed by atoms with Crippen molar-refractivity contribution >= 4 is 33.3 Å². The van der Waals surface area contributed by atoms with Crippen LogP contribution in [0, 0.1) is 0 Å². The summed E-state index contributed by atoms with van der Waals surface area (Å²) in [7, 11) is -3.64. The molecule has 7 nitrogen and oxygen atoms in total. The molecule has 3 rings (SSSR count). The Hall–Kier alpha value is -1.90. The fourth-order valence-corrected chi connectivity index (χ4v) is 4.53. The first-order valence-corrected chi connectivity index (χ1v) is 10.5. The van der Waals surface area contributed by atoms with Crippen molar-refractivity contribution in [2.75, 3.05) is 18.4 Å². The molecule has 0 spiro atoms. The third kappa shape index (κ3) is 4.17. The smallest absolute Gasteiger partial charge is 0.258 e. The van der Waals surface area contributed by atoms with Crippen molar-refractivity contribution < 1.29 is 17.7 Å². The lowest BCUT2D eigenvalue weighted by atomic mass is 9.93. The highest BCUT2D eigenvalue weighted by atomic mass is 35.5. The Bertz CT molecular complexity index is 957. The normalized spacial score (nSPS) is 15.9. The van der Waals surface area contributed by atoms with E-state index >= 15 is 0 Å². The first-order chi connectivity index (χ1) is 12.6. The molecule has 1 amide bonds. The number of nitrogens with zero attached hydrogens (tertiary/aromatic N) is 2. The van der Waals surface area contributed by atoms with Gasteiger partial charge in [0.15, 0.2) is 5.82 Å². The molecule has 1 aliphatic heterocycles. The summed E-state index contributed by atoms with van der Waals surface area (Å²) in [6.07, 6.45) is 1.67. The number of sulfonamides is 1. The average molecular weight is 412 g/mol. The number of nitrogens with one attached hydrogen (secondary N) is 1. The van der Waals surface area contributed by atoms with E-state index in [1.165, 1.54) is 22.5 Å². The van der Waals surface area contributed by atoms with Crippen molar-refractivity contribution in [1.82, 2.24) is 9.46 Å². The highest BCUT2D eigenvalue weighted by Crippen LogP contribution is 2.27. The number of hydrogen-bond donors (Lipinski definition) is 1. The Kier molecular flexibility index (Phi) is 5.33. The Labute approximate surface area is 163 Å². The third-order valence-electron chi connectivity index (χ3n) is 4.38. The molecule has 0 saturated carbocycles. The lowest BCUT2D eigenvalue weighted by Gasteiger charge is -2.16. The van der Waals surface area contributed by atoms with Gasteiger partial charge in [0.2, 0.25) is 10.0 Å². The summed E-state index contributed by atoms with van der Waals surface area (Å²) < 4.78 is 32.1. The Balaban J connectivity index is 1.85. The lowest BCUT2D eigenvalue weighted by molar-refractivity contribution is 0.102. The molecule has 1 fully saturated rings. The van der Waals surface area contributed by atoms with Gasteiger partial charge >= 0.3 is 0 Å². The number of hydrogen-bond acceptors (Lipinski definition) is 5. The fourth-order valence-electron chi connectivity index (χ4n) is 2.79. The van der Waals surface area contributed by atoms with Gasteiger partial charge in [-0.05, 0) is 31.0 Å². The zero-order valence-corrected chi connectivity index (χ0v) is 17.0. The average Bonchev–Trinajstić information content (AvgIpc) is 3.26. The number of anilines is 1. The van der Waals surface area contributed by atoms with E-state index in [1.807, 2.05) is 20.8 Å². The molecule has 9 heteroatoms. The van der Waals surface area contributed by atoms with Gasteiger partial charge in [0.05, 0.1) is 15.5 Å². The number of halogens is 1. The van der Waals surface area contributed by atoms with Crippen molar-refractivity contribution in [3.63, 3.8) is 0 Å². The van der Waals surface area contributed by atoms with Gasteiger partial charge < -0.3 is 9.84 Å². The molecule has 2 aromatic rings. The molecule has 0 atom stereocenters. The quantitative estimate of drug-likeness (QED) is 0.828. The van der Waals surface area contributed by atoms with Gasteiger partial charge in [-0.25, -0.2) is 8.42 Å². The lowest BCUT2D eigenvalue weighted by Crippen LogP contribution is -2.28. The zero-order valence-electron chi connectivity index (χ0n) is 15.5. The molecule has 1 N–H and O–H groups in total. The molecule has 1 aromatic heterocycles. The first-order valence-electron chi connectivity index (χ1n) is 8.67. The van der Waals surface area contributed by atoms with Gasteiger partial charge in [-0.2, -0.15) is 4.31 Å². The van der Waals surface area contributed by atoms with E-state index in [9.17, 15) is 13.2 Å². The van der Waals surface area contributed by atoms with Gasteiger partial charge in [-0.15, -0.1) is 0 Å². The van der Waals surface area contributed by atoms with Crippen molar-refractivity contribution in [1.29, 1.82) is 0 Å². The third-order valence-corrected chi connectivity index (χ3v) is 6.60. The monoisotopic (exact) mass is 411 g/mol. The molecular weight excluding hydrogens is 390 g/mol. The van der Waals surface area contributed by atoms with Crippen LogP contribution in [0.25, 0.3) is 0 Å². The Morgan fingerprint density at radius 3 is 2.48 bits per heavy atom. The van der Waals surface area contributed by atoms with Crippen LogP contribution in [0.3, 0.4) is 0 Å². The standard InChI is InChI=1S/C18H22ClN3O4S/c1-18(2,3)15-11-16(21-26-15)20-17(23)13-10-12(6-7-14(13)19)27(24,25)22-8-4-5-9-22/h6-7,10-11H,4-5,8-9H2,1-3H3,(H,20,21,23). The minimum Gasteiger partial charge on any atom is -0.359 e. The van der Waals surface area contributed by atoms with Crippen molar-refractivity contribution in [3.05, 3.63) is 40.6 Å². The van der Waals surface area contributed by atoms with Crippen LogP contribution in [0.2, 0.25) is 5.02 Å². The summed E-state index contributed by atoms with van der Waals surface area (Å²) in [6.45, 7) is 6.86. The first kappa shape index (κ1) is 19.9. The number of carbonyl (C=O) groups excluding carboxylic acids is 1. The number of aromatic nitrogens is 1. The summed E-state index contributed by atoms with van der Waals surface area (Å²) in [5, 5.41) is 6.60. The van der Waals surface area contributed by atoms with Crippen LogP contribution < -0.4 is 5.32 Å². The van der Waals surface area contributed by atoms with Gasteiger partial charge in [0, 0.05) is 24.6 Å². The molecule has 146 valence electrons. The minimum absolute atomic E-state index is 0.0504. The van der Waals surface area contributed by atoms with E-state index in [2.05, 4.69) is 10.5 Å². The fraction of sp³-hybridized carbons (Fsp3) is 0.444. The van der Waals surface area contributed by atoms with Gasteiger partial charge in [0.25, 0.3) is 5.91 Å². The second-order valence-electron chi connectivity index (χ2n) is 7.53. The Morgan fingerprint density at radius 1 is 1.22 bits per heavy atom. The molecule has 1 saturated heterocycles. The van der Waals surface area contributed by atoms with Crippen LogP contribution >= 0.6 is 11.6 Å². The molecule has 0 unspecified atom stereocenters. The molecule has 1 aromatic carbocycles. The zero-order chi connectivity index (χ0) is 19.8. The summed E-state index contributed by atoms with van der Waals surface area (Å²) in [4.78, 5) is 12.7. The van der Waals surface area contributed by atoms with Gasteiger partial charge in [-0.1, -0.05) is 37.5 Å². The number of rotatable bonds is 4. The van der Waals surface area contributed by atoms with Crippen LogP contribution in [0.1, 0.15) is 49.7 Å². The largest absolute Gasteiger partial charge is 0.359 e. The van der Waals surface area contributed by atoms with E-state index in [0.29, 0.717) is 18.8 Å². The van der Waals surface area contributed by atoms with Gasteiger partial charge in [0.1, 0.15) is 5.76 Å². The molecule has 27 heavy (non-hydrogen) atoms. The predicted octanol–water partition coefficient (Wildman–Crippen LogP) is 3.66. The highest BCUT2D eigenvalue weighted by Gasteiger charge is 2.28. The van der Waals surface area contributed by atoms with E-state index in [4.69, 9.17) is 16.1 Å². The van der Waals surface area contributed by atoms with Crippen molar-refractivity contribution in [2.24, 2.45) is 0 Å². The molecule has 2 heterocycles. The summed E-state index contributed by atoms with van der Waals surface area (Å²) >= 11 is 6.13. The van der Waals surface area contributed by atoms with Crippen LogP contribution in [-0.2, 0) is 15.4 Å². The topological polar surface area (TPSA) is 92.5 Å². The number of amides is 1. The van der Waals surface area contributed by atoms with Crippen LogP contribution in [0.15, 0.2) is 33.7 Å². The maximum atomic E-state index is 12.7. The second-order valence-corrected chi connectivity index (χ2v) is 9.88. The summed E-state index contributed by atoms with van der Waals surface area (Å²) in [6, 6.07) is 5.77. The Morgan fingerprint density at radius 2 is 1.89 bits per heavy atom. The summed E-state index contributed by atoms with van der Waals surface area (Å²) in [5.41, 5.74) is -0.186. The molecule has 1 aliphatic rings.